The smallest absolute Gasteiger partial charge is 0.191 e. The maximum Gasteiger partial charge on any atom is 0.191 e. The van der Waals surface area contributed by atoms with Crippen molar-refractivity contribution in [2.75, 3.05) is 39.5 Å². The minimum Gasteiger partial charge on any atom is -0.382 e. The highest BCUT2D eigenvalue weighted by Crippen LogP contribution is 2.33. The lowest BCUT2D eigenvalue weighted by molar-refractivity contribution is -0.0250. The normalized spacial score (nSPS) is 20.3. The summed E-state index contributed by atoms with van der Waals surface area (Å²) in [6.45, 7) is 9.03. The highest BCUT2D eigenvalue weighted by Gasteiger charge is 2.27. The van der Waals surface area contributed by atoms with Crippen molar-refractivity contribution in [3.05, 3.63) is 35.9 Å². The first-order chi connectivity index (χ1) is 12.3. The third-order valence-corrected chi connectivity index (χ3v) is 4.36. The molecular weight excluding hydrogens is 441 g/mol. The number of rotatable bonds is 9. The lowest BCUT2D eigenvalue weighted by Gasteiger charge is -2.31. The average Bonchev–Trinajstić information content (AvgIpc) is 2.67. The fourth-order valence-electron chi connectivity index (χ4n) is 3.12. The van der Waals surface area contributed by atoms with Crippen LogP contribution in [0.15, 0.2) is 35.3 Å². The van der Waals surface area contributed by atoms with Gasteiger partial charge in [0.25, 0.3) is 0 Å². The summed E-state index contributed by atoms with van der Waals surface area (Å²) in [5.41, 5.74) is 1.26. The summed E-state index contributed by atoms with van der Waals surface area (Å²) in [5.74, 6) is 1.31. The lowest BCUT2D eigenvalue weighted by Crippen LogP contribution is -2.38. The molecule has 5 nitrogen and oxygen atoms in total. The molecule has 1 aliphatic heterocycles. The summed E-state index contributed by atoms with van der Waals surface area (Å²) in [6.07, 6.45) is 3.41. The molecule has 1 fully saturated rings. The van der Waals surface area contributed by atoms with Crippen LogP contribution >= 0.6 is 24.0 Å². The van der Waals surface area contributed by atoms with E-state index in [1.807, 2.05) is 6.92 Å². The molecule has 1 aromatic rings. The third-order valence-electron chi connectivity index (χ3n) is 4.36. The number of aliphatic imine (C=N–C) groups is 1. The van der Waals surface area contributed by atoms with Crippen LogP contribution in [0.4, 0.5) is 0 Å². The Morgan fingerprint density at radius 1 is 1.23 bits per heavy atom. The van der Waals surface area contributed by atoms with Crippen molar-refractivity contribution in [2.45, 2.75) is 39.2 Å². The molecule has 0 radical (unpaired) electrons. The molecule has 1 heterocycles. The van der Waals surface area contributed by atoms with E-state index in [1.54, 1.807) is 0 Å². The van der Waals surface area contributed by atoms with Gasteiger partial charge >= 0.3 is 0 Å². The number of hydrogen-bond acceptors (Lipinski definition) is 3. The topological polar surface area (TPSA) is 54.9 Å². The van der Waals surface area contributed by atoms with Gasteiger partial charge in [0.05, 0.1) is 6.10 Å². The van der Waals surface area contributed by atoms with Gasteiger partial charge in [0, 0.05) is 45.4 Å². The van der Waals surface area contributed by atoms with Crippen LogP contribution in [0.25, 0.3) is 0 Å². The molecule has 2 rings (SSSR count). The fourth-order valence-corrected chi connectivity index (χ4v) is 3.12. The standard InChI is InChI=1S/C20H33N3O2.HI/c1-3-21-20(22-13-9-14-24-4-2)23-16-18-12-8-15-25-19(18)17-10-6-5-7-11-17;/h5-7,10-11,18-19H,3-4,8-9,12-16H2,1-2H3,(H2,21,22,23);1H. The molecule has 1 aliphatic rings. The number of nitrogens with one attached hydrogen (secondary N) is 2. The zero-order chi connectivity index (χ0) is 17.7. The average molecular weight is 475 g/mol. The summed E-state index contributed by atoms with van der Waals surface area (Å²) < 4.78 is 11.4. The van der Waals surface area contributed by atoms with Gasteiger partial charge in [-0.15, -0.1) is 24.0 Å². The van der Waals surface area contributed by atoms with E-state index >= 15 is 0 Å². The number of halogens is 1. The number of benzene rings is 1. The monoisotopic (exact) mass is 475 g/mol. The quantitative estimate of drug-likeness (QED) is 0.247. The highest BCUT2D eigenvalue weighted by molar-refractivity contribution is 14.0. The van der Waals surface area contributed by atoms with Crippen molar-refractivity contribution in [3.8, 4) is 0 Å². The van der Waals surface area contributed by atoms with E-state index in [9.17, 15) is 0 Å². The number of hydrogen-bond donors (Lipinski definition) is 2. The molecule has 0 aromatic heterocycles. The van der Waals surface area contributed by atoms with Gasteiger partial charge in [0.1, 0.15) is 0 Å². The van der Waals surface area contributed by atoms with Crippen molar-refractivity contribution in [2.24, 2.45) is 10.9 Å². The first-order valence-electron chi connectivity index (χ1n) is 9.61. The van der Waals surface area contributed by atoms with Gasteiger partial charge in [-0.25, -0.2) is 0 Å². The van der Waals surface area contributed by atoms with Crippen molar-refractivity contribution in [3.63, 3.8) is 0 Å². The largest absolute Gasteiger partial charge is 0.382 e. The predicted molar refractivity (Wildman–Crippen MR) is 118 cm³/mol. The Balaban J connectivity index is 0.00000338. The van der Waals surface area contributed by atoms with Crippen LogP contribution in [0.5, 0.6) is 0 Å². The van der Waals surface area contributed by atoms with Gasteiger partial charge in [-0.05, 0) is 38.7 Å². The fraction of sp³-hybridized carbons (Fsp3) is 0.650. The molecular formula is C20H34IN3O2. The van der Waals surface area contributed by atoms with Gasteiger partial charge in [0.15, 0.2) is 5.96 Å². The van der Waals surface area contributed by atoms with Crippen LogP contribution in [0.3, 0.4) is 0 Å². The van der Waals surface area contributed by atoms with E-state index in [0.717, 1.165) is 64.7 Å². The second kappa shape index (κ2) is 14.2. The van der Waals surface area contributed by atoms with E-state index in [1.165, 1.54) is 5.56 Å². The maximum atomic E-state index is 6.07. The molecule has 1 aromatic carbocycles. The minimum atomic E-state index is 0. The predicted octanol–water partition coefficient (Wildman–Crippen LogP) is 3.75. The molecule has 0 amide bonds. The van der Waals surface area contributed by atoms with E-state index in [4.69, 9.17) is 14.5 Å². The van der Waals surface area contributed by atoms with Gasteiger partial charge in [-0.3, -0.25) is 4.99 Å². The van der Waals surface area contributed by atoms with Crippen LogP contribution in [0, 0.1) is 5.92 Å². The Bertz CT molecular complexity index is 499. The summed E-state index contributed by atoms with van der Waals surface area (Å²) >= 11 is 0. The van der Waals surface area contributed by atoms with Gasteiger partial charge < -0.3 is 20.1 Å². The number of nitrogens with zero attached hydrogens (tertiary/aromatic N) is 1. The summed E-state index contributed by atoms with van der Waals surface area (Å²) in [5, 5.41) is 6.72. The van der Waals surface area contributed by atoms with Crippen molar-refractivity contribution in [1.29, 1.82) is 0 Å². The van der Waals surface area contributed by atoms with Crippen LogP contribution < -0.4 is 10.6 Å². The summed E-state index contributed by atoms with van der Waals surface area (Å²) in [7, 11) is 0. The van der Waals surface area contributed by atoms with Crippen molar-refractivity contribution < 1.29 is 9.47 Å². The first kappa shape index (κ1) is 23.2. The zero-order valence-electron chi connectivity index (χ0n) is 16.1. The molecule has 0 aliphatic carbocycles. The zero-order valence-corrected chi connectivity index (χ0v) is 18.4. The van der Waals surface area contributed by atoms with Gasteiger partial charge in [-0.2, -0.15) is 0 Å². The highest BCUT2D eigenvalue weighted by atomic mass is 127. The maximum absolute atomic E-state index is 6.07. The Labute approximate surface area is 175 Å². The molecule has 0 saturated carbocycles. The molecule has 1 saturated heterocycles. The van der Waals surface area contributed by atoms with Crippen LogP contribution in [0.1, 0.15) is 44.8 Å². The van der Waals surface area contributed by atoms with Crippen molar-refractivity contribution in [1.82, 2.24) is 10.6 Å². The first-order valence-corrected chi connectivity index (χ1v) is 9.61. The van der Waals surface area contributed by atoms with E-state index in [-0.39, 0.29) is 30.1 Å². The molecule has 2 N–H and O–H groups in total. The summed E-state index contributed by atoms with van der Waals surface area (Å²) in [4.78, 5) is 4.80. The SMILES string of the molecule is CCNC(=NCC1CCCOC1c1ccccc1)NCCCOCC.I. The molecule has 148 valence electrons. The molecule has 2 atom stereocenters. The van der Waals surface area contributed by atoms with Crippen LogP contribution in [-0.4, -0.2) is 45.4 Å². The molecule has 0 spiro atoms. The lowest BCUT2D eigenvalue weighted by atomic mass is 9.89. The van der Waals surface area contributed by atoms with Gasteiger partial charge in [-0.1, -0.05) is 30.3 Å². The Hall–Kier alpha value is -0.860. The Kier molecular flexibility index (Phi) is 12.7. The van der Waals surface area contributed by atoms with E-state index in [2.05, 4.69) is 47.9 Å². The third kappa shape index (κ3) is 8.22. The molecule has 2 unspecified atom stereocenters. The molecule has 0 bridgehead atoms. The van der Waals surface area contributed by atoms with Crippen molar-refractivity contribution >= 4 is 29.9 Å². The molecule has 26 heavy (non-hydrogen) atoms. The van der Waals surface area contributed by atoms with Crippen LogP contribution in [-0.2, 0) is 9.47 Å². The summed E-state index contributed by atoms with van der Waals surface area (Å²) in [6, 6.07) is 10.5. The Morgan fingerprint density at radius 2 is 2.04 bits per heavy atom. The van der Waals surface area contributed by atoms with E-state index in [0.29, 0.717) is 5.92 Å². The van der Waals surface area contributed by atoms with Crippen LogP contribution in [0.2, 0.25) is 0 Å². The molecule has 6 heteroatoms. The number of ether oxygens (including phenoxy) is 2. The minimum absolute atomic E-state index is 0. The Morgan fingerprint density at radius 3 is 2.77 bits per heavy atom. The van der Waals surface area contributed by atoms with E-state index < -0.39 is 0 Å². The number of guanidine groups is 1. The van der Waals surface area contributed by atoms with Gasteiger partial charge in [0.2, 0.25) is 0 Å². The second-order valence-electron chi connectivity index (χ2n) is 6.30. The second-order valence-corrected chi connectivity index (χ2v) is 6.30.